The molecule has 1 aliphatic carbocycles. The molecule has 2 heterocycles. The Labute approximate surface area is 192 Å². The van der Waals surface area contributed by atoms with Crippen LogP contribution in [0.25, 0.3) is 11.0 Å². The van der Waals surface area contributed by atoms with Gasteiger partial charge in [-0.05, 0) is 50.7 Å². The normalized spacial score (nSPS) is 22.4. The molecule has 2 fully saturated rings. The molecular weight excluding hydrogens is 398 g/mol. The topological polar surface area (TPSA) is 76.2 Å². The summed E-state index contributed by atoms with van der Waals surface area (Å²) in [5.74, 6) is 0.643. The zero-order valence-corrected chi connectivity index (χ0v) is 20.1. The number of fused-ring (bicyclic) bond motifs is 1. The van der Waals surface area contributed by atoms with Gasteiger partial charge in [-0.1, -0.05) is 58.1 Å². The number of likely N-dealkylation sites (tertiary alicyclic amines) is 1. The van der Waals surface area contributed by atoms with E-state index in [1.165, 1.54) is 38.5 Å². The fraction of sp³-hybridized carbons (Fsp3) is 0.692. The molecular formula is C26H41N5O. The van der Waals surface area contributed by atoms with Crippen molar-refractivity contribution in [3.8, 4) is 0 Å². The van der Waals surface area contributed by atoms with Crippen LogP contribution in [0.15, 0.2) is 24.3 Å². The van der Waals surface area contributed by atoms with Crippen LogP contribution in [-0.2, 0) is 4.79 Å². The number of imidazole rings is 1. The molecule has 32 heavy (non-hydrogen) atoms. The molecule has 1 aliphatic heterocycles. The van der Waals surface area contributed by atoms with Crippen molar-refractivity contribution < 1.29 is 4.79 Å². The smallest absolute Gasteiger partial charge is 0.243 e. The molecule has 6 heteroatoms. The van der Waals surface area contributed by atoms with Crippen LogP contribution in [0.5, 0.6) is 0 Å². The molecule has 1 aromatic carbocycles. The monoisotopic (exact) mass is 439 g/mol. The summed E-state index contributed by atoms with van der Waals surface area (Å²) < 4.78 is 2.27. The van der Waals surface area contributed by atoms with Crippen molar-refractivity contribution in [3.05, 3.63) is 24.3 Å². The molecule has 0 radical (unpaired) electrons. The van der Waals surface area contributed by atoms with E-state index in [1.54, 1.807) is 0 Å². The molecule has 2 atom stereocenters. The minimum absolute atomic E-state index is 0.136. The van der Waals surface area contributed by atoms with Crippen LogP contribution in [0.2, 0.25) is 0 Å². The van der Waals surface area contributed by atoms with E-state index in [4.69, 9.17) is 10.7 Å². The minimum Gasteiger partial charge on any atom is -0.320 e. The predicted molar refractivity (Wildman–Crippen MR) is 132 cm³/mol. The van der Waals surface area contributed by atoms with Gasteiger partial charge in [0.25, 0.3) is 0 Å². The van der Waals surface area contributed by atoms with Gasteiger partial charge < -0.3 is 10.3 Å². The van der Waals surface area contributed by atoms with E-state index in [1.807, 2.05) is 19.1 Å². The Morgan fingerprint density at radius 3 is 2.50 bits per heavy atom. The van der Waals surface area contributed by atoms with E-state index in [-0.39, 0.29) is 11.8 Å². The van der Waals surface area contributed by atoms with Gasteiger partial charge in [0.05, 0.1) is 17.1 Å². The summed E-state index contributed by atoms with van der Waals surface area (Å²) in [5.41, 5.74) is 8.59. The Hall–Kier alpha value is -1.92. The van der Waals surface area contributed by atoms with Crippen molar-refractivity contribution in [2.45, 2.75) is 96.2 Å². The highest BCUT2D eigenvalue weighted by Crippen LogP contribution is 2.37. The Kier molecular flexibility index (Phi) is 7.21. The van der Waals surface area contributed by atoms with Gasteiger partial charge in [0.15, 0.2) is 0 Å². The van der Waals surface area contributed by atoms with E-state index in [0.29, 0.717) is 17.5 Å². The predicted octanol–water partition coefficient (Wildman–Crippen LogP) is 5.10. The van der Waals surface area contributed by atoms with Crippen LogP contribution < -0.4 is 11.1 Å². The lowest BCUT2D eigenvalue weighted by Gasteiger charge is -2.45. The number of hydrogen-bond donors (Lipinski definition) is 2. The first-order chi connectivity index (χ1) is 15.4. The molecule has 4 rings (SSSR count). The summed E-state index contributed by atoms with van der Waals surface area (Å²) >= 11 is 0. The van der Waals surface area contributed by atoms with Crippen molar-refractivity contribution in [3.63, 3.8) is 0 Å². The highest BCUT2D eigenvalue weighted by molar-refractivity contribution is 5.95. The number of nitrogens with two attached hydrogens (primary N) is 1. The molecule has 3 N–H and O–H groups in total. The highest BCUT2D eigenvalue weighted by Gasteiger charge is 2.36. The number of rotatable bonds is 6. The number of anilines is 1. The lowest BCUT2D eigenvalue weighted by atomic mass is 9.87. The lowest BCUT2D eigenvalue weighted by Crippen LogP contribution is -2.50. The largest absolute Gasteiger partial charge is 0.320 e. The Bertz CT molecular complexity index is 906. The number of piperidine rings is 1. The standard InChI is InChI=1S/C26H41N5O/c1-4-19(2)23(27)24(32)29-25-28-21-11-7-8-12-22(21)31(25)20-13-17-30(18-14-20)26(3)15-9-5-6-10-16-26/h7-8,11-12,19-20,23H,4-6,9-10,13-18,27H2,1-3H3,(H,28,29,32)/t19-,23-/m0/s1. The molecule has 0 bridgehead atoms. The van der Waals surface area contributed by atoms with Crippen LogP contribution in [0.1, 0.15) is 84.6 Å². The van der Waals surface area contributed by atoms with Gasteiger partial charge in [0.2, 0.25) is 11.9 Å². The summed E-state index contributed by atoms with van der Waals surface area (Å²) in [6.07, 6.45) is 11.2. The van der Waals surface area contributed by atoms with E-state index >= 15 is 0 Å². The number of hydrogen-bond acceptors (Lipinski definition) is 4. The SMILES string of the molecule is CC[C@H](C)[C@H](N)C(=O)Nc1nc2ccccc2n1C1CCN(C2(C)CCCCCC2)CC1. The molecule has 1 aromatic heterocycles. The van der Waals surface area contributed by atoms with Gasteiger partial charge in [-0.2, -0.15) is 0 Å². The van der Waals surface area contributed by atoms with E-state index < -0.39 is 6.04 Å². The average Bonchev–Trinajstić information content (AvgIpc) is 3.02. The quantitative estimate of drug-likeness (QED) is 0.614. The molecule has 6 nitrogen and oxygen atoms in total. The summed E-state index contributed by atoms with van der Waals surface area (Å²) in [6.45, 7) is 8.78. The number of amides is 1. The first kappa shape index (κ1) is 23.2. The first-order valence-electron chi connectivity index (χ1n) is 12.7. The Balaban J connectivity index is 1.54. The van der Waals surface area contributed by atoms with Gasteiger partial charge in [-0.25, -0.2) is 4.98 Å². The third-order valence-corrected chi connectivity index (χ3v) is 8.16. The summed E-state index contributed by atoms with van der Waals surface area (Å²) in [6, 6.07) is 8.02. The second-order valence-corrected chi connectivity index (χ2v) is 10.3. The first-order valence-corrected chi connectivity index (χ1v) is 12.7. The summed E-state index contributed by atoms with van der Waals surface area (Å²) in [4.78, 5) is 20.4. The zero-order chi connectivity index (χ0) is 22.7. The molecule has 2 aromatic rings. The van der Waals surface area contributed by atoms with Crippen molar-refractivity contribution in [2.24, 2.45) is 11.7 Å². The maximum atomic E-state index is 12.9. The highest BCUT2D eigenvalue weighted by atomic mass is 16.2. The average molecular weight is 440 g/mol. The molecule has 176 valence electrons. The number of carbonyl (C=O) groups is 1. The molecule has 1 saturated heterocycles. The number of carbonyl (C=O) groups excluding carboxylic acids is 1. The summed E-state index contributed by atoms with van der Waals surface area (Å²) in [7, 11) is 0. The zero-order valence-electron chi connectivity index (χ0n) is 20.1. The van der Waals surface area contributed by atoms with Crippen LogP contribution in [0.4, 0.5) is 5.95 Å². The maximum absolute atomic E-state index is 12.9. The van der Waals surface area contributed by atoms with Gasteiger partial charge >= 0.3 is 0 Å². The van der Waals surface area contributed by atoms with Gasteiger partial charge in [-0.3, -0.25) is 15.0 Å². The second kappa shape index (κ2) is 9.92. The van der Waals surface area contributed by atoms with Crippen LogP contribution in [0, 0.1) is 5.92 Å². The van der Waals surface area contributed by atoms with Gasteiger partial charge in [0, 0.05) is 24.7 Å². The van der Waals surface area contributed by atoms with E-state index in [9.17, 15) is 4.79 Å². The number of para-hydroxylation sites is 2. The van der Waals surface area contributed by atoms with Gasteiger partial charge in [0.1, 0.15) is 0 Å². The lowest BCUT2D eigenvalue weighted by molar-refractivity contribution is -0.118. The van der Waals surface area contributed by atoms with E-state index in [0.717, 1.165) is 43.4 Å². The number of nitrogens with one attached hydrogen (secondary N) is 1. The third-order valence-electron chi connectivity index (χ3n) is 8.16. The van der Waals surface area contributed by atoms with Crippen molar-refractivity contribution in [1.82, 2.24) is 14.5 Å². The number of benzene rings is 1. The molecule has 1 saturated carbocycles. The van der Waals surface area contributed by atoms with Crippen molar-refractivity contribution >= 4 is 22.9 Å². The fourth-order valence-corrected chi connectivity index (χ4v) is 5.68. The number of aromatic nitrogens is 2. The second-order valence-electron chi connectivity index (χ2n) is 10.3. The maximum Gasteiger partial charge on any atom is 0.243 e. The molecule has 0 unspecified atom stereocenters. The minimum atomic E-state index is -0.523. The fourth-order valence-electron chi connectivity index (χ4n) is 5.68. The Morgan fingerprint density at radius 1 is 1.19 bits per heavy atom. The number of nitrogens with zero attached hydrogens (tertiary/aromatic N) is 3. The molecule has 1 amide bonds. The van der Waals surface area contributed by atoms with Crippen molar-refractivity contribution in [1.29, 1.82) is 0 Å². The van der Waals surface area contributed by atoms with Crippen molar-refractivity contribution in [2.75, 3.05) is 18.4 Å². The van der Waals surface area contributed by atoms with Crippen LogP contribution >= 0.6 is 0 Å². The van der Waals surface area contributed by atoms with Crippen LogP contribution in [-0.4, -0.2) is 45.0 Å². The van der Waals surface area contributed by atoms with Crippen LogP contribution in [0.3, 0.4) is 0 Å². The van der Waals surface area contributed by atoms with E-state index in [2.05, 4.69) is 40.8 Å². The molecule has 2 aliphatic rings. The third kappa shape index (κ3) is 4.72. The Morgan fingerprint density at radius 2 is 1.84 bits per heavy atom. The summed E-state index contributed by atoms with van der Waals surface area (Å²) in [5, 5.41) is 3.08. The molecule has 0 spiro atoms. The van der Waals surface area contributed by atoms with Gasteiger partial charge in [-0.15, -0.1) is 0 Å².